The van der Waals surface area contributed by atoms with E-state index in [0.717, 1.165) is 5.56 Å². The van der Waals surface area contributed by atoms with E-state index in [1.165, 1.54) is 6.07 Å². The quantitative estimate of drug-likeness (QED) is 0.883. The minimum absolute atomic E-state index is 0.142. The molecule has 0 aliphatic carbocycles. The van der Waals surface area contributed by atoms with Gasteiger partial charge in [0.15, 0.2) is 0 Å². The van der Waals surface area contributed by atoms with Crippen LogP contribution in [0.2, 0.25) is 10.2 Å². The van der Waals surface area contributed by atoms with Crippen molar-refractivity contribution in [2.45, 2.75) is 6.42 Å². The van der Waals surface area contributed by atoms with Gasteiger partial charge in [-0.15, -0.1) is 0 Å². The van der Waals surface area contributed by atoms with Crippen molar-refractivity contribution in [1.29, 1.82) is 0 Å². The summed E-state index contributed by atoms with van der Waals surface area (Å²) in [6.45, 7) is 0.493. The second kappa shape index (κ2) is 6.50. The molecule has 0 fully saturated rings. The molecule has 4 nitrogen and oxygen atoms in total. The van der Waals surface area contributed by atoms with E-state index < -0.39 is 0 Å². The van der Waals surface area contributed by atoms with Crippen molar-refractivity contribution in [2.24, 2.45) is 0 Å². The molecule has 2 aromatic rings. The standard InChI is InChI=1S/C13H11Cl2N3O/c14-10-1-2-11(15)18-12(10)13(19)17-8-5-9-3-6-16-7-4-9/h1-4,6-7H,5,8H2,(H,17,19). The van der Waals surface area contributed by atoms with Crippen LogP contribution in [0.3, 0.4) is 0 Å². The molecular weight excluding hydrogens is 285 g/mol. The Balaban J connectivity index is 1.93. The van der Waals surface area contributed by atoms with Gasteiger partial charge in [0.05, 0.1) is 5.02 Å². The molecule has 0 spiro atoms. The third kappa shape index (κ3) is 3.91. The highest BCUT2D eigenvalue weighted by atomic mass is 35.5. The molecule has 6 heteroatoms. The topological polar surface area (TPSA) is 54.9 Å². The van der Waals surface area contributed by atoms with Gasteiger partial charge in [0.2, 0.25) is 0 Å². The van der Waals surface area contributed by atoms with Crippen LogP contribution in [-0.4, -0.2) is 22.4 Å². The summed E-state index contributed by atoms with van der Waals surface area (Å²) in [5, 5.41) is 3.27. The first kappa shape index (κ1) is 13.8. The number of hydrogen-bond acceptors (Lipinski definition) is 3. The predicted molar refractivity (Wildman–Crippen MR) is 74.5 cm³/mol. The Bertz CT molecular complexity index is 575. The lowest BCUT2D eigenvalue weighted by atomic mass is 10.2. The monoisotopic (exact) mass is 295 g/mol. The van der Waals surface area contributed by atoms with Crippen LogP contribution in [0.15, 0.2) is 36.7 Å². The average molecular weight is 296 g/mol. The van der Waals surface area contributed by atoms with Crippen molar-refractivity contribution >= 4 is 29.1 Å². The number of aromatic nitrogens is 2. The predicted octanol–water partition coefficient (Wildman–Crippen LogP) is 2.76. The summed E-state index contributed by atoms with van der Waals surface area (Å²) in [4.78, 5) is 19.7. The van der Waals surface area contributed by atoms with E-state index in [9.17, 15) is 4.79 Å². The molecule has 0 aromatic carbocycles. The zero-order valence-electron chi connectivity index (χ0n) is 9.94. The van der Waals surface area contributed by atoms with Crippen LogP contribution in [0.5, 0.6) is 0 Å². The van der Waals surface area contributed by atoms with E-state index in [2.05, 4.69) is 15.3 Å². The lowest BCUT2D eigenvalue weighted by molar-refractivity contribution is 0.0949. The van der Waals surface area contributed by atoms with Crippen molar-refractivity contribution in [1.82, 2.24) is 15.3 Å². The number of amides is 1. The number of pyridine rings is 2. The number of carbonyl (C=O) groups excluding carboxylic acids is 1. The van der Waals surface area contributed by atoms with E-state index in [4.69, 9.17) is 23.2 Å². The Hall–Kier alpha value is -1.65. The molecule has 0 atom stereocenters. The van der Waals surface area contributed by atoms with Crippen molar-refractivity contribution in [3.8, 4) is 0 Å². The molecule has 0 aliphatic heterocycles. The first-order valence-electron chi connectivity index (χ1n) is 5.66. The number of halogens is 2. The molecule has 0 radical (unpaired) electrons. The van der Waals surface area contributed by atoms with Gasteiger partial charge in [0, 0.05) is 18.9 Å². The number of nitrogens with zero attached hydrogens (tertiary/aromatic N) is 2. The fraction of sp³-hybridized carbons (Fsp3) is 0.154. The number of hydrogen-bond donors (Lipinski definition) is 1. The molecule has 2 rings (SSSR count). The zero-order valence-corrected chi connectivity index (χ0v) is 11.4. The van der Waals surface area contributed by atoms with Gasteiger partial charge in [-0.05, 0) is 36.2 Å². The number of carbonyl (C=O) groups is 1. The normalized spacial score (nSPS) is 10.2. The summed E-state index contributed by atoms with van der Waals surface area (Å²) in [7, 11) is 0. The Labute approximate surface area is 120 Å². The summed E-state index contributed by atoms with van der Waals surface area (Å²) >= 11 is 11.6. The molecule has 1 amide bonds. The zero-order chi connectivity index (χ0) is 13.7. The molecule has 2 aromatic heterocycles. The summed E-state index contributed by atoms with van der Waals surface area (Å²) in [6.07, 6.45) is 4.14. The molecule has 0 aliphatic rings. The van der Waals surface area contributed by atoms with Gasteiger partial charge in [-0.3, -0.25) is 9.78 Å². The van der Waals surface area contributed by atoms with Crippen LogP contribution >= 0.6 is 23.2 Å². The minimum atomic E-state index is -0.332. The Kier molecular flexibility index (Phi) is 4.71. The Morgan fingerprint density at radius 3 is 2.63 bits per heavy atom. The van der Waals surface area contributed by atoms with Crippen LogP contribution in [-0.2, 0) is 6.42 Å². The van der Waals surface area contributed by atoms with Gasteiger partial charge in [-0.1, -0.05) is 23.2 Å². The van der Waals surface area contributed by atoms with Gasteiger partial charge >= 0.3 is 0 Å². The largest absolute Gasteiger partial charge is 0.350 e. The molecule has 1 N–H and O–H groups in total. The van der Waals surface area contributed by atoms with Crippen LogP contribution in [0, 0.1) is 0 Å². The van der Waals surface area contributed by atoms with Crippen LogP contribution in [0.4, 0.5) is 0 Å². The van der Waals surface area contributed by atoms with Gasteiger partial charge < -0.3 is 5.32 Å². The number of nitrogens with one attached hydrogen (secondary N) is 1. The third-order valence-corrected chi connectivity index (χ3v) is 2.99. The number of rotatable bonds is 4. The Morgan fingerprint density at radius 1 is 1.16 bits per heavy atom. The van der Waals surface area contributed by atoms with Crippen molar-refractivity contribution in [2.75, 3.05) is 6.54 Å². The fourth-order valence-electron chi connectivity index (χ4n) is 1.53. The summed E-state index contributed by atoms with van der Waals surface area (Å²) in [6, 6.07) is 6.89. The summed E-state index contributed by atoms with van der Waals surface area (Å²) < 4.78 is 0. The molecule has 0 unspecified atom stereocenters. The smallest absolute Gasteiger partial charge is 0.271 e. The van der Waals surface area contributed by atoms with Crippen LogP contribution < -0.4 is 5.32 Å². The van der Waals surface area contributed by atoms with Crippen molar-refractivity contribution < 1.29 is 4.79 Å². The second-order valence-corrected chi connectivity index (χ2v) is 4.62. The first-order valence-corrected chi connectivity index (χ1v) is 6.41. The van der Waals surface area contributed by atoms with Crippen LogP contribution in [0.1, 0.15) is 16.1 Å². The minimum Gasteiger partial charge on any atom is -0.350 e. The highest BCUT2D eigenvalue weighted by molar-refractivity contribution is 6.34. The third-order valence-electron chi connectivity index (χ3n) is 2.48. The van der Waals surface area contributed by atoms with E-state index in [1.807, 2.05) is 12.1 Å². The van der Waals surface area contributed by atoms with Gasteiger partial charge in [0.25, 0.3) is 5.91 Å². The molecule has 0 bridgehead atoms. The maximum Gasteiger partial charge on any atom is 0.271 e. The van der Waals surface area contributed by atoms with Gasteiger partial charge in [-0.2, -0.15) is 0 Å². The molecule has 0 saturated carbocycles. The van der Waals surface area contributed by atoms with Gasteiger partial charge in [-0.25, -0.2) is 4.98 Å². The van der Waals surface area contributed by atoms with Crippen molar-refractivity contribution in [3.63, 3.8) is 0 Å². The SMILES string of the molecule is O=C(NCCc1ccncc1)c1nc(Cl)ccc1Cl. The second-order valence-electron chi connectivity index (χ2n) is 3.83. The first-order chi connectivity index (χ1) is 9.16. The van der Waals surface area contributed by atoms with E-state index >= 15 is 0 Å². The molecule has 2 heterocycles. The van der Waals surface area contributed by atoms with Gasteiger partial charge in [0.1, 0.15) is 10.8 Å². The maximum absolute atomic E-state index is 11.9. The average Bonchev–Trinajstić information content (AvgIpc) is 2.42. The highest BCUT2D eigenvalue weighted by Gasteiger charge is 2.12. The van der Waals surface area contributed by atoms with E-state index in [-0.39, 0.29) is 21.8 Å². The van der Waals surface area contributed by atoms with Crippen molar-refractivity contribution in [3.05, 3.63) is 58.1 Å². The molecule has 0 saturated heterocycles. The molecule has 19 heavy (non-hydrogen) atoms. The Morgan fingerprint density at radius 2 is 1.89 bits per heavy atom. The summed E-state index contributed by atoms with van der Waals surface area (Å²) in [5.74, 6) is -0.332. The maximum atomic E-state index is 11.9. The lowest BCUT2D eigenvalue weighted by Gasteiger charge is -2.06. The van der Waals surface area contributed by atoms with E-state index in [1.54, 1.807) is 18.5 Å². The highest BCUT2D eigenvalue weighted by Crippen LogP contribution is 2.16. The lowest BCUT2D eigenvalue weighted by Crippen LogP contribution is -2.26. The van der Waals surface area contributed by atoms with E-state index in [0.29, 0.717) is 13.0 Å². The molecule has 98 valence electrons. The summed E-state index contributed by atoms with van der Waals surface area (Å²) in [5.41, 5.74) is 1.24. The fourth-order valence-corrected chi connectivity index (χ4v) is 1.87. The van der Waals surface area contributed by atoms with Crippen LogP contribution in [0.25, 0.3) is 0 Å². The molecular formula is C13H11Cl2N3O.